The van der Waals surface area contributed by atoms with Gasteiger partial charge in [0.15, 0.2) is 11.6 Å². The molecule has 19 heavy (non-hydrogen) atoms. The highest BCUT2D eigenvalue weighted by Gasteiger charge is 2.12. The van der Waals surface area contributed by atoms with Crippen LogP contribution < -0.4 is 15.4 Å². The van der Waals surface area contributed by atoms with Crippen LogP contribution in [0.2, 0.25) is 5.02 Å². The van der Waals surface area contributed by atoms with Gasteiger partial charge in [-0.2, -0.15) is 0 Å². The molecule has 0 saturated carbocycles. The van der Waals surface area contributed by atoms with E-state index in [9.17, 15) is 0 Å². The molecular weight excluding hydrogens is 379 g/mol. The van der Waals surface area contributed by atoms with Crippen molar-refractivity contribution in [2.45, 2.75) is 0 Å². The van der Waals surface area contributed by atoms with E-state index < -0.39 is 0 Å². The summed E-state index contributed by atoms with van der Waals surface area (Å²) in [5.41, 5.74) is 0.765. The van der Waals surface area contributed by atoms with Gasteiger partial charge in [-0.15, -0.1) is 0 Å². The van der Waals surface area contributed by atoms with E-state index in [4.69, 9.17) is 16.3 Å². The van der Waals surface area contributed by atoms with Crippen molar-refractivity contribution in [1.82, 2.24) is 9.97 Å². The van der Waals surface area contributed by atoms with Crippen LogP contribution in [0.25, 0.3) is 0 Å². The zero-order valence-electron chi connectivity index (χ0n) is 10.4. The smallest absolute Gasteiger partial charge is 0.204 e. The van der Waals surface area contributed by atoms with E-state index in [1.807, 2.05) is 18.2 Å². The molecule has 0 atom stereocenters. The lowest BCUT2D eigenvalue weighted by molar-refractivity contribution is 0.415. The van der Waals surface area contributed by atoms with E-state index in [-0.39, 0.29) is 0 Å². The molecule has 0 spiro atoms. The van der Waals surface area contributed by atoms with E-state index in [2.05, 4.69) is 43.2 Å². The zero-order valence-corrected chi connectivity index (χ0v) is 13.3. The Morgan fingerprint density at radius 2 is 2.00 bits per heavy atom. The highest BCUT2D eigenvalue weighted by atomic mass is 127. The van der Waals surface area contributed by atoms with Crippen LogP contribution in [0.1, 0.15) is 0 Å². The summed E-state index contributed by atoms with van der Waals surface area (Å²) in [7, 11) is 3.34. The summed E-state index contributed by atoms with van der Waals surface area (Å²) in [5, 5.41) is 6.71. The number of halogens is 2. The van der Waals surface area contributed by atoms with Crippen molar-refractivity contribution >= 4 is 51.5 Å². The Bertz CT molecular complexity index is 594. The first-order valence-electron chi connectivity index (χ1n) is 5.44. The number of benzene rings is 1. The molecule has 1 aromatic heterocycles. The largest absolute Gasteiger partial charge is 0.490 e. The van der Waals surface area contributed by atoms with Crippen LogP contribution in [0, 0.1) is 3.57 Å². The lowest BCUT2D eigenvalue weighted by Gasteiger charge is -2.13. The maximum absolute atomic E-state index is 6.18. The summed E-state index contributed by atoms with van der Waals surface area (Å²) in [4.78, 5) is 8.25. The van der Waals surface area contributed by atoms with Crippen LogP contribution in [0.4, 0.5) is 17.3 Å². The molecule has 0 aliphatic heterocycles. The summed E-state index contributed by atoms with van der Waals surface area (Å²) in [6, 6.07) is 5.73. The zero-order chi connectivity index (χ0) is 13.8. The van der Waals surface area contributed by atoms with Crippen molar-refractivity contribution < 1.29 is 4.74 Å². The minimum absolute atomic E-state index is 0.541. The molecule has 0 saturated heterocycles. The number of aromatic nitrogens is 2. The van der Waals surface area contributed by atoms with Crippen molar-refractivity contribution in [2.24, 2.45) is 0 Å². The molecule has 0 fully saturated rings. The van der Waals surface area contributed by atoms with Gasteiger partial charge in [0.25, 0.3) is 0 Å². The predicted molar refractivity (Wildman–Crippen MR) is 85.6 cm³/mol. The Labute approximate surface area is 129 Å². The number of nitrogens with zero attached hydrogens (tertiary/aromatic N) is 2. The van der Waals surface area contributed by atoms with Gasteiger partial charge in [0.2, 0.25) is 5.75 Å². The standard InChI is InChI=1S/C12H12ClIN4O/c1-15-11-10(19-2)12(17-6-16-11)18-9-4-3-7(14)5-8(9)13/h3-6H,1-2H3,(H2,15,16,17,18). The van der Waals surface area contributed by atoms with Crippen LogP contribution in [0.5, 0.6) is 5.75 Å². The van der Waals surface area contributed by atoms with Crippen LogP contribution in [-0.4, -0.2) is 24.1 Å². The van der Waals surface area contributed by atoms with Crippen LogP contribution in [-0.2, 0) is 0 Å². The van der Waals surface area contributed by atoms with E-state index >= 15 is 0 Å². The Hall–Kier alpha value is -1.28. The van der Waals surface area contributed by atoms with Gasteiger partial charge >= 0.3 is 0 Å². The predicted octanol–water partition coefficient (Wildman–Crippen LogP) is 3.53. The third-order valence-corrected chi connectivity index (χ3v) is 3.41. The number of ether oxygens (including phenoxy) is 1. The van der Waals surface area contributed by atoms with Crippen LogP contribution in [0.3, 0.4) is 0 Å². The van der Waals surface area contributed by atoms with Crippen molar-refractivity contribution in [3.63, 3.8) is 0 Å². The Balaban J connectivity index is 2.37. The van der Waals surface area contributed by atoms with Gasteiger partial charge < -0.3 is 15.4 Å². The third-order valence-electron chi connectivity index (χ3n) is 2.43. The fraction of sp³-hybridized carbons (Fsp3) is 0.167. The van der Waals surface area contributed by atoms with E-state index in [1.165, 1.54) is 6.33 Å². The summed E-state index contributed by atoms with van der Waals surface area (Å²) >= 11 is 8.39. The van der Waals surface area contributed by atoms with E-state index in [0.29, 0.717) is 22.4 Å². The Kier molecular flexibility index (Phi) is 4.65. The Morgan fingerprint density at radius 3 is 2.63 bits per heavy atom. The first kappa shape index (κ1) is 14.1. The SMILES string of the molecule is CNc1ncnc(Nc2ccc(I)cc2Cl)c1OC. The van der Waals surface area contributed by atoms with Crippen LogP contribution in [0.15, 0.2) is 24.5 Å². The molecule has 2 rings (SSSR count). The number of hydrogen-bond donors (Lipinski definition) is 2. The maximum Gasteiger partial charge on any atom is 0.204 e. The number of hydrogen-bond acceptors (Lipinski definition) is 5. The van der Waals surface area contributed by atoms with Gasteiger partial charge in [-0.1, -0.05) is 11.6 Å². The number of anilines is 3. The summed E-state index contributed by atoms with van der Waals surface area (Å²) in [5.74, 6) is 1.71. The number of rotatable bonds is 4. The second kappa shape index (κ2) is 6.25. The molecule has 1 aromatic carbocycles. The number of methoxy groups -OCH3 is 1. The van der Waals surface area contributed by atoms with Crippen molar-refractivity contribution in [2.75, 3.05) is 24.8 Å². The van der Waals surface area contributed by atoms with Crippen molar-refractivity contribution in [3.05, 3.63) is 33.1 Å². The number of nitrogens with one attached hydrogen (secondary N) is 2. The second-order valence-corrected chi connectivity index (χ2v) is 5.26. The highest BCUT2D eigenvalue weighted by molar-refractivity contribution is 14.1. The molecule has 1 heterocycles. The van der Waals surface area contributed by atoms with Gasteiger partial charge in [-0.05, 0) is 40.8 Å². The maximum atomic E-state index is 6.18. The van der Waals surface area contributed by atoms with Gasteiger partial charge in [-0.3, -0.25) is 0 Å². The van der Waals surface area contributed by atoms with Crippen LogP contribution >= 0.6 is 34.2 Å². The first-order chi connectivity index (χ1) is 9.15. The molecule has 7 heteroatoms. The summed E-state index contributed by atoms with van der Waals surface area (Å²) in [6.07, 6.45) is 1.46. The minimum Gasteiger partial charge on any atom is -0.490 e. The quantitative estimate of drug-likeness (QED) is 0.782. The monoisotopic (exact) mass is 390 g/mol. The molecule has 5 nitrogen and oxygen atoms in total. The minimum atomic E-state index is 0.541. The van der Waals surface area contributed by atoms with E-state index in [1.54, 1.807) is 14.2 Å². The molecule has 100 valence electrons. The first-order valence-corrected chi connectivity index (χ1v) is 6.90. The van der Waals surface area contributed by atoms with Crippen molar-refractivity contribution in [3.8, 4) is 5.75 Å². The van der Waals surface area contributed by atoms with Gasteiger partial charge in [0, 0.05) is 10.6 Å². The molecule has 0 amide bonds. The molecular formula is C12H12ClIN4O. The lowest BCUT2D eigenvalue weighted by Crippen LogP contribution is -2.03. The van der Waals surface area contributed by atoms with Gasteiger partial charge in [0.1, 0.15) is 6.33 Å². The molecule has 0 unspecified atom stereocenters. The molecule has 0 aliphatic carbocycles. The van der Waals surface area contributed by atoms with Crippen molar-refractivity contribution in [1.29, 1.82) is 0 Å². The fourth-order valence-electron chi connectivity index (χ4n) is 1.55. The lowest BCUT2D eigenvalue weighted by atomic mass is 10.3. The average Bonchev–Trinajstić information content (AvgIpc) is 2.41. The highest BCUT2D eigenvalue weighted by Crippen LogP contribution is 2.33. The topological polar surface area (TPSA) is 59.1 Å². The average molecular weight is 391 g/mol. The van der Waals surface area contributed by atoms with E-state index in [0.717, 1.165) is 9.26 Å². The fourth-order valence-corrected chi connectivity index (χ4v) is 2.46. The summed E-state index contributed by atoms with van der Waals surface area (Å²) in [6.45, 7) is 0. The second-order valence-electron chi connectivity index (χ2n) is 3.60. The molecule has 0 bridgehead atoms. The molecule has 2 aromatic rings. The molecule has 0 radical (unpaired) electrons. The normalized spacial score (nSPS) is 10.1. The third kappa shape index (κ3) is 3.19. The molecule has 2 N–H and O–H groups in total. The van der Waals surface area contributed by atoms with Gasteiger partial charge in [0.05, 0.1) is 17.8 Å². The molecule has 0 aliphatic rings. The summed E-state index contributed by atoms with van der Waals surface area (Å²) < 4.78 is 6.38. The van der Waals surface area contributed by atoms with Gasteiger partial charge in [-0.25, -0.2) is 9.97 Å². The Morgan fingerprint density at radius 1 is 1.26 bits per heavy atom.